The molecule has 4 nitrogen and oxygen atoms in total. The lowest BCUT2D eigenvalue weighted by atomic mass is 10.0. The van der Waals surface area contributed by atoms with Crippen molar-refractivity contribution in [1.82, 2.24) is 4.98 Å². The van der Waals surface area contributed by atoms with Crippen LogP contribution in [0.15, 0.2) is 42.5 Å². The zero-order valence-electron chi connectivity index (χ0n) is 15.9. The average molecular weight is 348 g/mol. The molecule has 2 aromatic carbocycles. The van der Waals surface area contributed by atoms with Crippen molar-refractivity contribution < 1.29 is 9.53 Å². The summed E-state index contributed by atoms with van der Waals surface area (Å²) < 4.78 is 5.63. The number of rotatable bonds is 4. The van der Waals surface area contributed by atoms with Crippen LogP contribution in [0.3, 0.4) is 0 Å². The van der Waals surface area contributed by atoms with E-state index in [0.717, 1.165) is 39.2 Å². The highest BCUT2D eigenvalue weighted by atomic mass is 16.5. The van der Waals surface area contributed by atoms with E-state index in [4.69, 9.17) is 4.74 Å². The number of hydrogen-bond acceptors (Lipinski definition) is 3. The number of nitrogens with zero attached hydrogens (tertiary/aromatic N) is 1. The number of carbonyl (C=O) groups excluding carboxylic acids is 1. The van der Waals surface area contributed by atoms with Crippen LogP contribution in [-0.4, -0.2) is 17.0 Å². The topological polar surface area (TPSA) is 51.2 Å². The predicted molar refractivity (Wildman–Crippen MR) is 106 cm³/mol. The molecule has 0 aliphatic heterocycles. The van der Waals surface area contributed by atoms with Gasteiger partial charge < -0.3 is 10.1 Å². The smallest absolute Gasteiger partial charge is 0.255 e. The van der Waals surface area contributed by atoms with E-state index in [0.29, 0.717) is 5.56 Å². The van der Waals surface area contributed by atoms with Gasteiger partial charge in [0.05, 0.1) is 17.3 Å². The highest BCUT2D eigenvalue weighted by Crippen LogP contribution is 2.27. The summed E-state index contributed by atoms with van der Waals surface area (Å²) in [5.41, 5.74) is 5.42. The number of carbonyl (C=O) groups is 1. The van der Waals surface area contributed by atoms with Crippen molar-refractivity contribution in [2.45, 2.75) is 40.7 Å². The van der Waals surface area contributed by atoms with Gasteiger partial charge in [-0.15, -0.1) is 0 Å². The molecule has 0 spiro atoms. The standard InChI is InChI=1S/C22H24N2O2/c1-13(2)26-18-8-6-17(7-9-18)22(25)24-20-12-16(5)23-21-15(4)10-14(3)11-19(20)21/h6-13H,1-5H3,(H,23,24,25). The zero-order chi connectivity index (χ0) is 18.8. The molecule has 0 aliphatic rings. The fraction of sp³-hybridized carbons (Fsp3) is 0.273. The molecule has 4 heteroatoms. The predicted octanol–water partition coefficient (Wildman–Crippen LogP) is 5.20. The maximum absolute atomic E-state index is 12.7. The summed E-state index contributed by atoms with van der Waals surface area (Å²) in [7, 11) is 0. The van der Waals surface area contributed by atoms with Crippen molar-refractivity contribution in [3.63, 3.8) is 0 Å². The molecule has 0 saturated carbocycles. The van der Waals surface area contributed by atoms with Crippen LogP contribution < -0.4 is 10.1 Å². The van der Waals surface area contributed by atoms with Crippen molar-refractivity contribution in [3.05, 3.63) is 64.8 Å². The van der Waals surface area contributed by atoms with Gasteiger partial charge in [-0.2, -0.15) is 0 Å². The van der Waals surface area contributed by atoms with Crippen LogP contribution in [0.4, 0.5) is 5.69 Å². The lowest BCUT2D eigenvalue weighted by molar-refractivity contribution is 0.102. The van der Waals surface area contributed by atoms with Crippen molar-refractivity contribution in [2.24, 2.45) is 0 Å². The van der Waals surface area contributed by atoms with E-state index in [1.54, 1.807) is 12.1 Å². The Labute approximate surface area is 154 Å². The van der Waals surface area contributed by atoms with Crippen molar-refractivity contribution in [3.8, 4) is 5.75 Å². The second-order valence-electron chi connectivity index (χ2n) is 6.93. The SMILES string of the molecule is Cc1cc(C)c2nc(C)cc(NC(=O)c3ccc(OC(C)C)cc3)c2c1. The molecular formula is C22H24N2O2. The van der Waals surface area contributed by atoms with Crippen LogP contribution in [0.5, 0.6) is 5.75 Å². The number of fused-ring (bicyclic) bond motifs is 1. The Hall–Kier alpha value is -2.88. The lowest BCUT2D eigenvalue weighted by Crippen LogP contribution is -2.13. The van der Waals surface area contributed by atoms with E-state index in [1.165, 1.54) is 0 Å². The van der Waals surface area contributed by atoms with E-state index in [1.807, 2.05) is 52.8 Å². The molecule has 1 aromatic heterocycles. The van der Waals surface area contributed by atoms with Crippen LogP contribution in [-0.2, 0) is 0 Å². The number of anilines is 1. The summed E-state index contributed by atoms with van der Waals surface area (Å²) >= 11 is 0. The summed E-state index contributed by atoms with van der Waals surface area (Å²) in [5, 5.41) is 4.00. The van der Waals surface area contributed by atoms with Gasteiger partial charge in [0.15, 0.2) is 0 Å². The molecule has 0 unspecified atom stereocenters. The average Bonchev–Trinajstić information content (AvgIpc) is 2.56. The molecule has 0 radical (unpaired) electrons. The Morgan fingerprint density at radius 2 is 1.73 bits per heavy atom. The monoisotopic (exact) mass is 348 g/mol. The quantitative estimate of drug-likeness (QED) is 0.705. The van der Waals surface area contributed by atoms with Crippen molar-refractivity contribution >= 4 is 22.5 Å². The molecule has 0 fully saturated rings. The molecule has 134 valence electrons. The minimum absolute atomic E-state index is 0.104. The molecule has 26 heavy (non-hydrogen) atoms. The minimum atomic E-state index is -0.146. The Morgan fingerprint density at radius 1 is 1.04 bits per heavy atom. The first-order valence-electron chi connectivity index (χ1n) is 8.80. The Kier molecular flexibility index (Phi) is 4.94. The summed E-state index contributed by atoms with van der Waals surface area (Å²) in [6.07, 6.45) is 0.104. The van der Waals surface area contributed by atoms with Gasteiger partial charge in [0.25, 0.3) is 5.91 Å². The van der Waals surface area contributed by atoms with E-state index in [-0.39, 0.29) is 12.0 Å². The molecule has 0 aliphatic carbocycles. The first-order valence-corrected chi connectivity index (χ1v) is 8.80. The second kappa shape index (κ2) is 7.16. The highest BCUT2D eigenvalue weighted by Gasteiger charge is 2.12. The van der Waals surface area contributed by atoms with Crippen LogP contribution in [0.25, 0.3) is 10.9 Å². The lowest BCUT2D eigenvalue weighted by Gasteiger charge is -2.13. The maximum atomic E-state index is 12.7. The summed E-state index contributed by atoms with van der Waals surface area (Å²) in [5.74, 6) is 0.611. The molecule has 1 heterocycles. The van der Waals surface area contributed by atoms with Gasteiger partial charge in [-0.1, -0.05) is 11.6 Å². The number of aryl methyl sites for hydroxylation is 3. The molecule has 0 atom stereocenters. The first-order chi connectivity index (χ1) is 12.3. The van der Waals surface area contributed by atoms with E-state index in [9.17, 15) is 4.79 Å². The number of ether oxygens (including phenoxy) is 1. The van der Waals surface area contributed by atoms with E-state index >= 15 is 0 Å². The minimum Gasteiger partial charge on any atom is -0.491 e. The van der Waals surface area contributed by atoms with Crippen LogP contribution in [0.1, 0.15) is 41.0 Å². The van der Waals surface area contributed by atoms with Gasteiger partial charge in [0.1, 0.15) is 5.75 Å². The van der Waals surface area contributed by atoms with E-state index < -0.39 is 0 Å². The number of aromatic nitrogens is 1. The third kappa shape index (κ3) is 3.85. The molecular weight excluding hydrogens is 324 g/mol. The fourth-order valence-electron chi connectivity index (χ4n) is 3.06. The maximum Gasteiger partial charge on any atom is 0.255 e. The Balaban J connectivity index is 1.92. The summed E-state index contributed by atoms with van der Waals surface area (Å²) in [4.78, 5) is 17.3. The number of benzene rings is 2. The van der Waals surface area contributed by atoms with Gasteiger partial charge in [0, 0.05) is 16.6 Å². The van der Waals surface area contributed by atoms with Crippen LogP contribution in [0.2, 0.25) is 0 Å². The molecule has 3 rings (SSSR count). The van der Waals surface area contributed by atoms with E-state index in [2.05, 4.69) is 22.4 Å². The number of hydrogen-bond donors (Lipinski definition) is 1. The second-order valence-corrected chi connectivity index (χ2v) is 6.93. The number of amides is 1. The van der Waals surface area contributed by atoms with Gasteiger partial charge in [0.2, 0.25) is 0 Å². The molecule has 1 N–H and O–H groups in total. The first kappa shape index (κ1) is 17.9. The molecule has 3 aromatic rings. The molecule has 0 bridgehead atoms. The van der Waals surface area contributed by atoms with Gasteiger partial charge in [-0.05, 0) is 76.6 Å². The number of nitrogens with one attached hydrogen (secondary N) is 1. The van der Waals surface area contributed by atoms with Crippen LogP contribution >= 0.6 is 0 Å². The van der Waals surface area contributed by atoms with Gasteiger partial charge in [-0.25, -0.2) is 0 Å². The van der Waals surface area contributed by atoms with Gasteiger partial charge >= 0.3 is 0 Å². The summed E-state index contributed by atoms with van der Waals surface area (Å²) in [6, 6.07) is 13.3. The normalized spacial score (nSPS) is 11.0. The van der Waals surface area contributed by atoms with Crippen LogP contribution in [0, 0.1) is 20.8 Å². The Bertz CT molecular complexity index is 960. The molecule has 1 amide bonds. The van der Waals surface area contributed by atoms with Gasteiger partial charge in [-0.3, -0.25) is 9.78 Å². The zero-order valence-corrected chi connectivity index (χ0v) is 15.9. The number of pyridine rings is 1. The van der Waals surface area contributed by atoms with Crippen molar-refractivity contribution in [2.75, 3.05) is 5.32 Å². The third-order valence-electron chi connectivity index (χ3n) is 4.11. The third-order valence-corrected chi connectivity index (χ3v) is 4.11. The highest BCUT2D eigenvalue weighted by molar-refractivity contribution is 6.09. The molecule has 0 saturated heterocycles. The van der Waals surface area contributed by atoms with Crippen molar-refractivity contribution in [1.29, 1.82) is 0 Å². The Morgan fingerprint density at radius 3 is 2.38 bits per heavy atom. The largest absolute Gasteiger partial charge is 0.491 e. The fourth-order valence-corrected chi connectivity index (χ4v) is 3.06. The summed E-state index contributed by atoms with van der Waals surface area (Å²) in [6.45, 7) is 9.97.